The average Bonchev–Trinajstić information content (AvgIpc) is 2.96. The molecular weight excluding hydrogens is 311 g/mol. The third-order valence-corrected chi connectivity index (χ3v) is 5.56. The van der Waals surface area contributed by atoms with E-state index in [2.05, 4.69) is 5.10 Å². The molecule has 23 heavy (non-hydrogen) atoms. The molecule has 3 aromatic rings. The first-order valence-corrected chi connectivity index (χ1v) is 9.16. The van der Waals surface area contributed by atoms with E-state index in [-0.39, 0.29) is 0 Å². The first-order valence-electron chi connectivity index (χ1n) is 7.62. The van der Waals surface area contributed by atoms with Crippen LogP contribution in [0.25, 0.3) is 16.6 Å². The zero-order valence-electron chi connectivity index (χ0n) is 13.2. The third kappa shape index (κ3) is 2.95. The summed E-state index contributed by atoms with van der Waals surface area (Å²) in [4.78, 5) is 0. The van der Waals surface area contributed by atoms with Gasteiger partial charge in [-0.1, -0.05) is 36.4 Å². The van der Waals surface area contributed by atoms with Crippen LogP contribution in [0.2, 0.25) is 0 Å². The molecular formula is C17H19N2O3P. The molecule has 0 amide bonds. The molecule has 0 N–H and O–H groups in total. The Balaban J connectivity index is 2.31. The topological polar surface area (TPSA) is 53.4 Å². The monoisotopic (exact) mass is 330 g/mol. The molecule has 0 spiro atoms. The Bertz CT molecular complexity index is 835. The Hall–Kier alpha value is -1.94. The highest BCUT2D eigenvalue weighted by molar-refractivity contribution is 7.62. The summed E-state index contributed by atoms with van der Waals surface area (Å²) < 4.78 is 26.2. The maximum Gasteiger partial charge on any atom is 0.380 e. The second kappa shape index (κ2) is 6.67. The summed E-state index contributed by atoms with van der Waals surface area (Å²) in [5.41, 5.74) is 2.05. The Kier molecular flexibility index (Phi) is 4.62. The standard InChI is InChI=1S/C17H19N2O3P/c1-3-21-23(20,22-4-2)17-15-12-8-9-13-16(15)18-19(17)14-10-6-5-7-11-14/h5-13H,3-4H2,1-2H3. The number of hydrogen-bond acceptors (Lipinski definition) is 4. The molecule has 2 aromatic carbocycles. The lowest BCUT2D eigenvalue weighted by atomic mass is 10.3. The lowest BCUT2D eigenvalue weighted by Gasteiger charge is -2.18. The van der Waals surface area contributed by atoms with Crippen molar-refractivity contribution < 1.29 is 13.6 Å². The van der Waals surface area contributed by atoms with E-state index >= 15 is 0 Å². The zero-order valence-corrected chi connectivity index (χ0v) is 14.1. The van der Waals surface area contributed by atoms with Gasteiger partial charge >= 0.3 is 7.60 Å². The fourth-order valence-electron chi connectivity index (χ4n) is 2.53. The van der Waals surface area contributed by atoms with Crippen LogP contribution in [-0.2, 0) is 13.6 Å². The highest BCUT2D eigenvalue weighted by Crippen LogP contribution is 2.48. The molecule has 1 aromatic heterocycles. The Morgan fingerprint density at radius 1 is 0.957 bits per heavy atom. The molecule has 0 aliphatic heterocycles. The van der Waals surface area contributed by atoms with Crippen molar-refractivity contribution in [1.82, 2.24) is 9.78 Å². The molecule has 6 heteroatoms. The molecule has 0 fully saturated rings. The summed E-state index contributed by atoms with van der Waals surface area (Å²) >= 11 is 0. The van der Waals surface area contributed by atoms with Crippen molar-refractivity contribution in [2.75, 3.05) is 13.2 Å². The smallest absolute Gasteiger partial charge is 0.304 e. The number of para-hydroxylation sites is 1. The van der Waals surface area contributed by atoms with Gasteiger partial charge in [0.2, 0.25) is 0 Å². The minimum Gasteiger partial charge on any atom is -0.304 e. The van der Waals surface area contributed by atoms with Gasteiger partial charge in [0, 0.05) is 5.39 Å². The van der Waals surface area contributed by atoms with Crippen LogP contribution >= 0.6 is 7.60 Å². The Labute approximate surface area is 135 Å². The molecule has 120 valence electrons. The van der Waals surface area contributed by atoms with Crippen LogP contribution in [0.1, 0.15) is 13.8 Å². The van der Waals surface area contributed by atoms with Gasteiger partial charge in [0.15, 0.2) is 5.44 Å². The molecule has 0 radical (unpaired) electrons. The van der Waals surface area contributed by atoms with Crippen molar-refractivity contribution >= 4 is 23.9 Å². The normalized spacial score (nSPS) is 11.9. The van der Waals surface area contributed by atoms with Gasteiger partial charge in [-0.25, -0.2) is 4.68 Å². The average molecular weight is 330 g/mol. The fraction of sp³-hybridized carbons (Fsp3) is 0.235. The fourth-order valence-corrected chi connectivity index (χ4v) is 4.41. The molecule has 0 saturated carbocycles. The highest BCUT2D eigenvalue weighted by Gasteiger charge is 2.34. The van der Waals surface area contributed by atoms with Crippen LogP contribution in [0.5, 0.6) is 0 Å². The van der Waals surface area contributed by atoms with Crippen LogP contribution in [-0.4, -0.2) is 23.0 Å². The third-order valence-electron chi connectivity index (χ3n) is 3.41. The van der Waals surface area contributed by atoms with E-state index in [0.717, 1.165) is 16.6 Å². The molecule has 0 aliphatic carbocycles. The van der Waals surface area contributed by atoms with E-state index in [9.17, 15) is 4.57 Å². The second-order valence-corrected chi connectivity index (χ2v) is 6.86. The molecule has 1 heterocycles. The summed E-state index contributed by atoms with van der Waals surface area (Å²) in [6, 6.07) is 17.2. The van der Waals surface area contributed by atoms with E-state index in [1.165, 1.54) is 0 Å². The lowest BCUT2D eigenvalue weighted by Crippen LogP contribution is -2.20. The van der Waals surface area contributed by atoms with E-state index in [1.54, 1.807) is 18.5 Å². The van der Waals surface area contributed by atoms with E-state index in [4.69, 9.17) is 9.05 Å². The maximum atomic E-state index is 13.4. The Morgan fingerprint density at radius 3 is 2.22 bits per heavy atom. The quantitative estimate of drug-likeness (QED) is 0.643. The van der Waals surface area contributed by atoms with Gasteiger partial charge in [-0.05, 0) is 32.0 Å². The highest BCUT2D eigenvalue weighted by atomic mass is 31.2. The van der Waals surface area contributed by atoms with Crippen molar-refractivity contribution in [2.24, 2.45) is 0 Å². The molecule has 0 saturated heterocycles. The number of rotatable bonds is 6. The first-order chi connectivity index (χ1) is 11.2. The largest absolute Gasteiger partial charge is 0.380 e. The van der Waals surface area contributed by atoms with Crippen LogP contribution in [0.3, 0.4) is 0 Å². The zero-order chi connectivity index (χ0) is 16.3. The number of benzene rings is 2. The van der Waals surface area contributed by atoms with Gasteiger partial charge in [0.05, 0.1) is 24.4 Å². The van der Waals surface area contributed by atoms with Gasteiger partial charge in [0.1, 0.15) is 0 Å². The van der Waals surface area contributed by atoms with Crippen molar-refractivity contribution in [3.8, 4) is 5.69 Å². The second-order valence-electron chi connectivity index (χ2n) is 4.92. The lowest BCUT2D eigenvalue weighted by molar-refractivity contribution is 0.229. The summed E-state index contributed by atoms with van der Waals surface area (Å²) in [5, 5.41) is 5.38. The minimum atomic E-state index is -3.47. The molecule has 0 atom stereocenters. The predicted octanol–water partition coefficient (Wildman–Crippen LogP) is 3.92. The van der Waals surface area contributed by atoms with Crippen molar-refractivity contribution in [3.05, 3.63) is 54.6 Å². The van der Waals surface area contributed by atoms with Gasteiger partial charge < -0.3 is 9.05 Å². The predicted molar refractivity (Wildman–Crippen MR) is 91.6 cm³/mol. The Morgan fingerprint density at radius 2 is 1.57 bits per heavy atom. The molecule has 5 nitrogen and oxygen atoms in total. The number of hydrogen-bond donors (Lipinski definition) is 0. The van der Waals surface area contributed by atoms with Gasteiger partial charge in [-0.15, -0.1) is 0 Å². The maximum absolute atomic E-state index is 13.4. The number of nitrogens with zero attached hydrogens (tertiary/aromatic N) is 2. The van der Waals surface area contributed by atoms with E-state index in [1.807, 2.05) is 54.6 Å². The van der Waals surface area contributed by atoms with Crippen LogP contribution in [0.4, 0.5) is 0 Å². The van der Waals surface area contributed by atoms with E-state index in [0.29, 0.717) is 18.6 Å². The summed E-state index contributed by atoms with van der Waals surface area (Å²) in [6.45, 7) is 4.20. The molecule has 0 unspecified atom stereocenters. The van der Waals surface area contributed by atoms with E-state index < -0.39 is 7.60 Å². The summed E-state index contributed by atoms with van der Waals surface area (Å²) in [7, 11) is -3.47. The van der Waals surface area contributed by atoms with Gasteiger partial charge in [-0.3, -0.25) is 4.57 Å². The molecule has 0 bridgehead atoms. The minimum absolute atomic E-state index is 0.297. The first kappa shape index (κ1) is 15.9. The van der Waals surface area contributed by atoms with Crippen molar-refractivity contribution in [1.29, 1.82) is 0 Å². The number of aromatic nitrogens is 2. The van der Waals surface area contributed by atoms with Crippen LogP contribution in [0, 0.1) is 0 Å². The summed E-state index contributed by atoms with van der Waals surface area (Å²) in [6.07, 6.45) is 0. The van der Waals surface area contributed by atoms with Gasteiger partial charge in [0.25, 0.3) is 0 Å². The molecule has 0 aliphatic rings. The van der Waals surface area contributed by atoms with Crippen molar-refractivity contribution in [2.45, 2.75) is 13.8 Å². The van der Waals surface area contributed by atoms with Crippen molar-refractivity contribution in [3.63, 3.8) is 0 Å². The van der Waals surface area contributed by atoms with Crippen LogP contribution in [0.15, 0.2) is 54.6 Å². The SMILES string of the molecule is CCOP(=O)(OCC)c1c2ccccc2nn1-c1ccccc1. The summed E-state index contributed by atoms with van der Waals surface area (Å²) in [5.74, 6) is 0. The van der Waals surface area contributed by atoms with Gasteiger partial charge in [-0.2, -0.15) is 5.10 Å². The molecule has 3 rings (SSSR count). The van der Waals surface area contributed by atoms with Crippen LogP contribution < -0.4 is 5.44 Å². The number of fused-ring (bicyclic) bond motifs is 1.